The van der Waals surface area contributed by atoms with E-state index in [9.17, 15) is 4.79 Å². The van der Waals surface area contributed by atoms with Crippen molar-refractivity contribution in [3.63, 3.8) is 0 Å². The summed E-state index contributed by atoms with van der Waals surface area (Å²) in [5, 5.41) is 9.11. The number of hydrogen-bond donors (Lipinski definition) is 1. The molecule has 0 spiro atoms. The summed E-state index contributed by atoms with van der Waals surface area (Å²) in [5.41, 5.74) is 1.10. The van der Waals surface area contributed by atoms with E-state index in [0.29, 0.717) is 5.75 Å². The average molecular weight is 238 g/mol. The zero-order valence-corrected chi connectivity index (χ0v) is 9.87. The van der Waals surface area contributed by atoms with Crippen molar-refractivity contribution in [2.24, 2.45) is 5.92 Å². The van der Waals surface area contributed by atoms with Gasteiger partial charge >= 0.3 is 5.97 Å². The summed E-state index contributed by atoms with van der Waals surface area (Å²) < 4.78 is 5.08. The number of carboxylic acids is 1. The van der Waals surface area contributed by atoms with Crippen molar-refractivity contribution in [1.82, 2.24) is 0 Å². The first-order valence-electron chi connectivity index (χ1n) is 5.17. The zero-order valence-electron chi connectivity index (χ0n) is 9.05. The van der Waals surface area contributed by atoms with Gasteiger partial charge in [0.25, 0.3) is 0 Å². The van der Waals surface area contributed by atoms with Gasteiger partial charge in [-0.05, 0) is 17.7 Å². The van der Waals surface area contributed by atoms with E-state index in [2.05, 4.69) is 0 Å². The minimum atomic E-state index is -0.689. The van der Waals surface area contributed by atoms with Crippen molar-refractivity contribution in [3.8, 4) is 5.75 Å². The van der Waals surface area contributed by atoms with Crippen LogP contribution in [0.1, 0.15) is 11.5 Å². The molecule has 1 aromatic rings. The molecule has 1 aromatic carbocycles. The van der Waals surface area contributed by atoms with E-state index in [1.807, 2.05) is 24.3 Å². The fourth-order valence-corrected chi connectivity index (χ4v) is 3.42. The van der Waals surface area contributed by atoms with Crippen LogP contribution in [0.25, 0.3) is 0 Å². The van der Waals surface area contributed by atoms with Crippen LogP contribution in [0.15, 0.2) is 24.3 Å². The van der Waals surface area contributed by atoms with E-state index >= 15 is 0 Å². The van der Waals surface area contributed by atoms with Gasteiger partial charge in [-0.3, -0.25) is 4.79 Å². The Morgan fingerprint density at radius 1 is 1.38 bits per heavy atom. The molecule has 1 fully saturated rings. The van der Waals surface area contributed by atoms with Crippen molar-refractivity contribution in [2.75, 3.05) is 18.6 Å². The summed E-state index contributed by atoms with van der Waals surface area (Å²) in [4.78, 5) is 11.1. The minimum absolute atomic E-state index is 0.133. The molecule has 0 amide bonds. The third-order valence-electron chi connectivity index (χ3n) is 2.94. The molecule has 0 saturated carbocycles. The molecule has 0 radical (unpaired) electrons. The maximum Gasteiger partial charge on any atom is 0.307 e. The van der Waals surface area contributed by atoms with Crippen molar-refractivity contribution in [1.29, 1.82) is 0 Å². The monoisotopic (exact) mass is 238 g/mol. The van der Waals surface area contributed by atoms with Crippen molar-refractivity contribution in [3.05, 3.63) is 29.8 Å². The highest BCUT2D eigenvalue weighted by Gasteiger charge is 2.34. The molecule has 0 aliphatic carbocycles. The quantitative estimate of drug-likeness (QED) is 0.877. The molecule has 86 valence electrons. The molecule has 1 aliphatic rings. The predicted molar refractivity (Wildman–Crippen MR) is 64.2 cm³/mol. The van der Waals surface area contributed by atoms with E-state index in [1.165, 1.54) is 0 Å². The summed E-state index contributed by atoms with van der Waals surface area (Å²) in [5.74, 6) is 1.61. The Labute approximate surface area is 98.8 Å². The Bertz CT molecular complexity index is 374. The lowest BCUT2D eigenvalue weighted by Crippen LogP contribution is -2.20. The molecule has 0 unspecified atom stereocenters. The smallest absolute Gasteiger partial charge is 0.307 e. The van der Waals surface area contributed by atoms with E-state index in [-0.39, 0.29) is 11.8 Å². The second kappa shape index (κ2) is 4.78. The Balaban J connectivity index is 2.19. The van der Waals surface area contributed by atoms with Gasteiger partial charge in [-0.15, -0.1) is 0 Å². The molecular weight excluding hydrogens is 224 g/mol. The lowest BCUT2D eigenvalue weighted by molar-refractivity contribution is -0.141. The summed E-state index contributed by atoms with van der Waals surface area (Å²) >= 11 is 1.71. The number of carboxylic acid groups (broad SMARTS) is 1. The van der Waals surface area contributed by atoms with Gasteiger partial charge in [-0.25, -0.2) is 0 Å². The van der Waals surface area contributed by atoms with Gasteiger partial charge in [0.1, 0.15) is 5.75 Å². The van der Waals surface area contributed by atoms with Gasteiger partial charge in [0.15, 0.2) is 0 Å². The molecule has 1 heterocycles. The first-order valence-corrected chi connectivity index (χ1v) is 6.32. The van der Waals surface area contributed by atoms with Crippen LogP contribution in [-0.2, 0) is 4.79 Å². The van der Waals surface area contributed by atoms with Crippen LogP contribution in [0, 0.1) is 5.92 Å². The highest BCUT2D eigenvalue weighted by atomic mass is 32.2. The lowest BCUT2D eigenvalue weighted by Gasteiger charge is -2.15. The van der Waals surface area contributed by atoms with Crippen LogP contribution in [0.2, 0.25) is 0 Å². The van der Waals surface area contributed by atoms with Gasteiger partial charge in [-0.1, -0.05) is 12.1 Å². The number of benzene rings is 1. The molecule has 16 heavy (non-hydrogen) atoms. The summed E-state index contributed by atoms with van der Waals surface area (Å²) in [6.07, 6.45) is 0. The van der Waals surface area contributed by atoms with Gasteiger partial charge < -0.3 is 9.84 Å². The normalized spacial score (nSPS) is 24.3. The molecule has 1 N–H and O–H groups in total. The molecule has 1 aliphatic heterocycles. The zero-order chi connectivity index (χ0) is 11.5. The fraction of sp³-hybridized carbons (Fsp3) is 0.417. The van der Waals surface area contributed by atoms with Gasteiger partial charge in [0.05, 0.1) is 13.0 Å². The standard InChI is InChI=1S/C12H14O3S/c1-15-9-4-2-8(3-5-9)10-6-16-7-11(10)12(13)14/h2-5,10-11H,6-7H2,1H3,(H,13,14)/t10-,11-/m0/s1. The Morgan fingerprint density at radius 2 is 2.06 bits per heavy atom. The molecule has 0 bridgehead atoms. The second-order valence-electron chi connectivity index (χ2n) is 3.86. The highest BCUT2D eigenvalue weighted by molar-refractivity contribution is 7.99. The number of carbonyl (C=O) groups is 1. The molecule has 2 atom stereocenters. The predicted octanol–water partition coefficient (Wildman–Crippen LogP) is 2.23. The van der Waals surface area contributed by atoms with E-state index < -0.39 is 5.97 Å². The molecule has 4 heteroatoms. The van der Waals surface area contributed by atoms with Gasteiger partial charge in [-0.2, -0.15) is 11.8 Å². The van der Waals surface area contributed by atoms with Gasteiger partial charge in [0.2, 0.25) is 0 Å². The van der Waals surface area contributed by atoms with Crippen molar-refractivity contribution < 1.29 is 14.6 Å². The van der Waals surface area contributed by atoms with Gasteiger partial charge in [0, 0.05) is 17.4 Å². The maximum absolute atomic E-state index is 11.1. The number of ether oxygens (including phenoxy) is 1. The lowest BCUT2D eigenvalue weighted by atomic mass is 9.89. The van der Waals surface area contributed by atoms with Crippen LogP contribution >= 0.6 is 11.8 Å². The number of thioether (sulfide) groups is 1. The summed E-state index contributed by atoms with van der Waals surface area (Å²) in [6.45, 7) is 0. The third-order valence-corrected chi connectivity index (χ3v) is 4.13. The number of rotatable bonds is 3. The first-order chi connectivity index (χ1) is 7.72. The second-order valence-corrected chi connectivity index (χ2v) is 4.94. The van der Waals surface area contributed by atoms with Crippen LogP contribution in [0.3, 0.4) is 0 Å². The van der Waals surface area contributed by atoms with E-state index in [1.54, 1.807) is 18.9 Å². The molecule has 0 aromatic heterocycles. The number of methoxy groups -OCH3 is 1. The first kappa shape index (κ1) is 11.3. The summed E-state index contributed by atoms with van der Waals surface area (Å²) in [6, 6.07) is 7.70. The molecule has 1 saturated heterocycles. The van der Waals surface area contributed by atoms with Crippen molar-refractivity contribution in [2.45, 2.75) is 5.92 Å². The number of hydrogen-bond acceptors (Lipinski definition) is 3. The van der Waals surface area contributed by atoms with E-state index in [0.717, 1.165) is 17.1 Å². The minimum Gasteiger partial charge on any atom is -0.497 e. The fourth-order valence-electron chi connectivity index (χ4n) is 1.98. The topological polar surface area (TPSA) is 46.5 Å². The molecule has 3 nitrogen and oxygen atoms in total. The third kappa shape index (κ3) is 2.16. The van der Waals surface area contributed by atoms with Crippen molar-refractivity contribution >= 4 is 17.7 Å². The van der Waals surface area contributed by atoms with Crippen LogP contribution < -0.4 is 4.74 Å². The highest BCUT2D eigenvalue weighted by Crippen LogP contribution is 2.38. The Kier molecular flexibility index (Phi) is 3.39. The summed E-state index contributed by atoms with van der Waals surface area (Å²) in [7, 11) is 1.63. The average Bonchev–Trinajstić information content (AvgIpc) is 2.78. The largest absolute Gasteiger partial charge is 0.497 e. The number of aliphatic carboxylic acids is 1. The molecule has 2 rings (SSSR count). The van der Waals surface area contributed by atoms with Crippen LogP contribution in [0.5, 0.6) is 5.75 Å². The van der Waals surface area contributed by atoms with Crippen LogP contribution in [-0.4, -0.2) is 29.7 Å². The SMILES string of the molecule is COc1ccc([C@@H]2CSC[C@@H]2C(=O)O)cc1. The Hall–Kier alpha value is -1.16. The maximum atomic E-state index is 11.1. The van der Waals surface area contributed by atoms with E-state index in [4.69, 9.17) is 9.84 Å². The Morgan fingerprint density at radius 3 is 2.62 bits per heavy atom. The molecular formula is C12H14O3S. The van der Waals surface area contributed by atoms with Crippen LogP contribution in [0.4, 0.5) is 0 Å².